The van der Waals surface area contributed by atoms with Gasteiger partial charge in [0.2, 0.25) is 0 Å². The van der Waals surface area contributed by atoms with Gasteiger partial charge < -0.3 is 5.41 Å². The van der Waals surface area contributed by atoms with Crippen LogP contribution in [-0.4, -0.2) is 12.0 Å². The Morgan fingerprint density at radius 3 is 2.78 bits per heavy atom. The first-order chi connectivity index (χ1) is 11.0. The Morgan fingerprint density at radius 1 is 1.17 bits per heavy atom. The number of allylic oxidation sites excluding steroid dienone is 2. The van der Waals surface area contributed by atoms with Gasteiger partial charge in [-0.1, -0.05) is 31.9 Å². The molecule has 23 heavy (non-hydrogen) atoms. The van der Waals surface area contributed by atoms with E-state index in [4.69, 9.17) is 5.41 Å². The molecule has 0 saturated heterocycles. The van der Waals surface area contributed by atoms with E-state index in [9.17, 15) is 4.79 Å². The van der Waals surface area contributed by atoms with Crippen molar-refractivity contribution in [1.82, 2.24) is 0 Å². The number of ketones is 1. The molecule has 0 radical (unpaired) electrons. The SMILES string of the molecule is C[C@]12CC[C@H]3[C@@H](CC=C4CCCC[C@@]43C)[C@@H]1CC[C@@H]2C(=O)C=N. The van der Waals surface area contributed by atoms with Gasteiger partial charge in [0.25, 0.3) is 0 Å². The Hall–Kier alpha value is -0.920. The van der Waals surface area contributed by atoms with E-state index in [0.29, 0.717) is 11.3 Å². The molecule has 0 bridgehead atoms. The maximum absolute atomic E-state index is 12.3. The molecule has 4 aliphatic rings. The summed E-state index contributed by atoms with van der Waals surface area (Å²) in [7, 11) is 0. The Bertz CT molecular complexity index is 564. The average Bonchev–Trinajstić information content (AvgIpc) is 2.91. The minimum atomic E-state index is 0.0874. The van der Waals surface area contributed by atoms with Crippen LogP contribution in [0.2, 0.25) is 0 Å². The monoisotopic (exact) mass is 313 g/mol. The van der Waals surface area contributed by atoms with Crippen LogP contribution in [0, 0.1) is 39.9 Å². The van der Waals surface area contributed by atoms with Crippen molar-refractivity contribution in [1.29, 1.82) is 5.41 Å². The molecule has 2 heteroatoms. The summed E-state index contributed by atoms with van der Waals surface area (Å²) in [6.07, 6.45) is 15.2. The van der Waals surface area contributed by atoms with Gasteiger partial charge in [0.15, 0.2) is 5.78 Å². The second kappa shape index (κ2) is 5.29. The Balaban J connectivity index is 1.66. The van der Waals surface area contributed by atoms with Crippen molar-refractivity contribution in [2.45, 2.75) is 71.6 Å². The number of fused-ring (bicyclic) bond motifs is 5. The van der Waals surface area contributed by atoms with Crippen LogP contribution < -0.4 is 0 Å². The van der Waals surface area contributed by atoms with Gasteiger partial charge in [-0.15, -0.1) is 0 Å². The molecule has 0 aliphatic heterocycles. The Morgan fingerprint density at radius 2 is 2.00 bits per heavy atom. The van der Waals surface area contributed by atoms with E-state index in [2.05, 4.69) is 19.9 Å². The first kappa shape index (κ1) is 15.6. The molecule has 126 valence electrons. The number of hydrogen-bond donors (Lipinski definition) is 1. The summed E-state index contributed by atoms with van der Waals surface area (Å²) in [6, 6.07) is 0. The summed E-state index contributed by atoms with van der Waals surface area (Å²) >= 11 is 0. The van der Waals surface area contributed by atoms with Crippen molar-refractivity contribution in [2.75, 3.05) is 0 Å². The van der Waals surface area contributed by atoms with Crippen molar-refractivity contribution < 1.29 is 4.79 Å². The predicted octanol–water partition coefficient (Wildman–Crippen LogP) is 5.17. The summed E-state index contributed by atoms with van der Waals surface area (Å²) in [6.45, 7) is 4.92. The van der Waals surface area contributed by atoms with Gasteiger partial charge in [0, 0.05) is 5.92 Å². The van der Waals surface area contributed by atoms with E-state index in [0.717, 1.165) is 24.5 Å². The lowest BCUT2D eigenvalue weighted by atomic mass is 9.47. The quantitative estimate of drug-likeness (QED) is 0.554. The number of Topliss-reactive ketones (excluding diaryl/α,β-unsaturated/α-hetero) is 1. The van der Waals surface area contributed by atoms with Gasteiger partial charge in [-0.25, -0.2) is 0 Å². The molecule has 3 saturated carbocycles. The topological polar surface area (TPSA) is 40.9 Å². The summed E-state index contributed by atoms with van der Waals surface area (Å²) in [4.78, 5) is 12.3. The zero-order valence-corrected chi connectivity index (χ0v) is 14.7. The van der Waals surface area contributed by atoms with E-state index >= 15 is 0 Å². The molecule has 0 unspecified atom stereocenters. The molecule has 3 fully saturated rings. The highest BCUT2D eigenvalue weighted by Gasteiger charge is 2.59. The summed E-state index contributed by atoms with van der Waals surface area (Å²) in [5.74, 6) is 2.53. The van der Waals surface area contributed by atoms with Crippen molar-refractivity contribution in [3.63, 3.8) is 0 Å². The smallest absolute Gasteiger partial charge is 0.176 e. The molecular weight excluding hydrogens is 282 g/mol. The van der Waals surface area contributed by atoms with Crippen LogP contribution in [0.5, 0.6) is 0 Å². The zero-order chi connectivity index (χ0) is 16.2. The minimum absolute atomic E-state index is 0.0874. The molecule has 2 nitrogen and oxygen atoms in total. The van der Waals surface area contributed by atoms with Crippen molar-refractivity contribution in [3.8, 4) is 0 Å². The van der Waals surface area contributed by atoms with E-state index in [1.165, 1.54) is 51.4 Å². The Labute approximate surface area is 140 Å². The molecule has 0 aromatic rings. The highest BCUT2D eigenvalue weighted by Crippen LogP contribution is 2.66. The van der Waals surface area contributed by atoms with Gasteiger partial charge in [-0.2, -0.15) is 0 Å². The summed E-state index contributed by atoms with van der Waals surface area (Å²) < 4.78 is 0. The molecule has 0 aromatic carbocycles. The van der Waals surface area contributed by atoms with Crippen LogP contribution in [0.15, 0.2) is 11.6 Å². The van der Waals surface area contributed by atoms with Crippen molar-refractivity contribution in [2.24, 2.45) is 34.5 Å². The summed E-state index contributed by atoms with van der Waals surface area (Å²) in [5, 5.41) is 7.42. The lowest BCUT2D eigenvalue weighted by Gasteiger charge is -2.57. The number of nitrogens with one attached hydrogen (secondary N) is 1. The van der Waals surface area contributed by atoms with Gasteiger partial charge in [-0.05, 0) is 80.0 Å². The fraction of sp³-hybridized carbons (Fsp3) is 0.810. The van der Waals surface area contributed by atoms with Gasteiger partial charge >= 0.3 is 0 Å². The lowest BCUT2D eigenvalue weighted by Crippen LogP contribution is -2.50. The van der Waals surface area contributed by atoms with Gasteiger partial charge in [0.1, 0.15) is 0 Å². The van der Waals surface area contributed by atoms with Crippen LogP contribution in [0.3, 0.4) is 0 Å². The second-order valence-corrected chi connectivity index (χ2v) is 9.19. The molecular formula is C21H31NO. The highest BCUT2D eigenvalue weighted by atomic mass is 16.1. The largest absolute Gasteiger partial charge is 0.305 e. The summed E-state index contributed by atoms with van der Waals surface area (Å²) in [5.41, 5.74) is 2.37. The van der Waals surface area contributed by atoms with Crippen LogP contribution in [0.25, 0.3) is 0 Å². The molecule has 6 atom stereocenters. The van der Waals surface area contributed by atoms with Crippen LogP contribution in [-0.2, 0) is 4.79 Å². The minimum Gasteiger partial charge on any atom is -0.305 e. The zero-order valence-electron chi connectivity index (χ0n) is 14.7. The standard InChI is InChI=1S/C21H31NO/c1-20-11-4-3-5-14(20)6-7-15-16-8-9-18(19(23)13-22)21(16,2)12-10-17(15)20/h6,13,15-18,22H,3-5,7-12H2,1-2H3/t15-,16-,17-,18+,20-,21-/m0/s1. The molecule has 0 spiro atoms. The van der Waals surface area contributed by atoms with E-state index < -0.39 is 0 Å². The van der Waals surface area contributed by atoms with E-state index in [1.54, 1.807) is 5.57 Å². The first-order valence-corrected chi connectivity index (χ1v) is 9.74. The lowest BCUT2D eigenvalue weighted by molar-refractivity contribution is -0.122. The molecule has 1 N–H and O–H groups in total. The Kier molecular flexibility index (Phi) is 3.59. The fourth-order valence-corrected chi connectivity index (χ4v) is 7.27. The van der Waals surface area contributed by atoms with Gasteiger partial charge in [-0.3, -0.25) is 4.79 Å². The molecule has 4 aliphatic carbocycles. The first-order valence-electron chi connectivity index (χ1n) is 9.74. The fourth-order valence-electron chi connectivity index (χ4n) is 7.27. The number of carbonyl (C=O) groups is 1. The van der Waals surface area contributed by atoms with Crippen molar-refractivity contribution in [3.05, 3.63) is 11.6 Å². The average molecular weight is 313 g/mol. The third kappa shape index (κ3) is 2.06. The number of hydrogen-bond acceptors (Lipinski definition) is 2. The van der Waals surface area contributed by atoms with Crippen LogP contribution in [0.1, 0.15) is 71.6 Å². The maximum Gasteiger partial charge on any atom is 0.176 e. The molecule has 4 rings (SSSR count). The van der Waals surface area contributed by atoms with Gasteiger partial charge in [0.05, 0.1) is 6.21 Å². The normalized spacial score (nSPS) is 48.7. The van der Waals surface area contributed by atoms with Crippen LogP contribution in [0.4, 0.5) is 0 Å². The molecule has 0 aromatic heterocycles. The third-order valence-corrected chi connectivity index (χ3v) is 8.50. The number of carbonyl (C=O) groups excluding carboxylic acids is 1. The highest BCUT2D eigenvalue weighted by molar-refractivity contribution is 6.27. The molecule has 0 heterocycles. The van der Waals surface area contributed by atoms with Crippen molar-refractivity contribution >= 4 is 12.0 Å². The predicted molar refractivity (Wildman–Crippen MR) is 93.6 cm³/mol. The second-order valence-electron chi connectivity index (χ2n) is 9.19. The van der Waals surface area contributed by atoms with E-state index in [-0.39, 0.29) is 17.1 Å². The van der Waals surface area contributed by atoms with Crippen LogP contribution >= 0.6 is 0 Å². The maximum atomic E-state index is 12.3. The number of rotatable bonds is 2. The van der Waals surface area contributed by atoms with E-state index in [1.807, 2.05) is 0 Å². The third-order valence-electron chi connectivity index (χ3n) is 8.50. The molecule has 0 amide bonds.